The van der Waals surface area contributed by atoms with Gasteiger partial charge in [0.1, 0.15) is 10.8 Å². The predicted octanol–water partition coefficient (Wildman–Crippen LogP) is 3.83. The Morgan fingerprint density at radius 3 is 2.41 bits per heavy atom. The van der Waals surface area contributed by atoms with Crippen molar-refractivity contribution in [1.82, 2.24) is 10.2 Å². The summed E-state index contributed by atoms with van der Waals surface area (Å²) >= 11 is 1.04. The van der Waals surface area contributed by atoms with E-state index in [0.717, 1.165) is 30.0 Å². The molecule has 156 valence electrons. The highest BCUT2D eigenvalue weighted by atomic mass is 32.2. The van der Waals surface area contributed by atoms with E-state index in [9.17, 15) is 22.8 Å². The topological polar surface area (TPSA) is 93.2 Å². The summed E-state index contributed by atoms with van der Waals surface area (Å²) in [6, 6.07) is 5.95. The van der Waals surface area contributed by atoms with Gasteiger partial charge in [-0.15, -0.1) is 10.2 Å². The molecule has 2 aromatic rings. The lowest BCUT2D eigenvalue weighted by Crippen LogP contribution is -2.18. The number of methoxy groups -OCH3 is 1. The first-order valence-corrected chi connectivity index (χ1v) is 9.41. The monoisotopic (exact) mass is 428 g/mol. The van der Waals surface area contributed by atoms with Gasteiger partial charge in [-0.1, -0.05) is 25.6 Å². The molecule has 0 aliphatic carbocycles. The van der Waals surface area contributed by atoms with Crippen LogP contribution in [0.1, 0.15) is 19.4 Å². The molecule has 1 aromatic heterocycles. The maximum atomic E-state index is 12.9. The molecule has 0 unspecified atom stereocenters. The number of anilines is 2. The third kappa shape index (κ3) is 6.63. The second-order valence-electron chi connectivity index (χ2n) is 6.15. The molecule has 1 aromatic carbocycles. The summed E-state index contributed by atoms with van der Waals surface area (Å²) in [5, 5.41) is 13.2. The van der Waals surface area contributed by atoms with Crippen LogP contribution < -0.4 is 15.4 Å². The van der Waals surface area contributed by atoms with Gasteiger partial charge in [-0.3, -0.25) is 9.59 Å². The summed E-state index contributed by atoms with van der Waals surface area (Å²) in [6.45, 7) is 3.48. The fourth-order valence-electron chi connectivity index (χ4n) is 2.04. The Hall–Kier alpha value is -2.82. The smallest absolute Gasteiger partial charge is 0.416 e. The molecule has 0 saturated carbocycles. The highest BCUT2D eigenvalue weighted by molar-refractivity contribution is 7.99. The largest absolute Gasteiger partial charge is 0.495 e. The minimum atomic E-state index is -4.54. The van der Waals surface area contributed by atoms with Gasteiger partial charge in [0.15, 0.2) is 5.82 Å². The molecular weight excluding hydrogens is 409 g/mol. The number of hydrogen-bond donors (Lipinski definition) is 2. The molecule has 0 atom stereocenters. The standard InChI is InChI=1S/C18H19F3N4O3S/c1-10(2)17(27)23-14-6-7-16(25-24-14)29-9-15(26)22-12-8-11(18(19,20)21)4-5-13(12)28-3/h4-8,10H,9H2,1-3H3,(H,22,26)(H,23,24,27). The second kappa shape index (κ2) is 9.59. The van der Waals surface area contributed by atoms with E-state index >= 15 is 0 Å². The Morgan fingerprint density at radius 2 is 1.86 bits per heavy atom. The zero-order chi connectivity index (χ0) is 21.6. The molecule has 0 aliphatic heterocycles. The van der Waals surface area contributed by atoms with E-state index in [1.807, 2.05) is 0 Å². The van der Waals surface area contributed by atoms with Crippen LogP contribution in [0.3, 0.4) is 0 Å². The van der Waals surface area contributed by atoms with Crippen molar-refractivity contribution in [1.29, 1.82) is 0 Å². The number of alkyl halides is 3. The van der Waals surface area contributed by atoms with Crippen LogP contribution in [-0.4, -0.2) is 34.9 Å². The summed E-state index contributed by atoms with van der Waals surface area (Å²) in [5.41, 5.74) is -0.975. The van der Waals surface area contributed by atoms with Gasteiger partial charge in [0, 0.05) is 5.92 Å². The summed E-state index contributed by atoms with van der Waals surface area (Å²) in [6.07, 6.45) is -4.54. The Labute approximate surface area is 169 Å². The van der Waals surface area contributed by atoms with Crippen LogP contribution in [0, 0.1) is 5.92 Å². The van der Waals surface area contributed by atoms with Gasteiger partial charge in [-0.2, -0.15) is 13.2 Å². The third-order valence-corrected chi connectivity index (χ3v) is 4.49. The van der Waals surface area contributed by atoms with E-state index in [1.54, 1.807) is 26.0 Å². The number of rotatable bonds is 7. The number of hydrogen-bond acceptors (Lipinski definition) is 6. The van der Waals surface area contributed by atoms with Crippen molar-refractivity contribution in [2.24, 2.45) is 5.92 Å². The molecule has 0 radical (unpaired) electrons. The third-order valence-electron chi connectivity index (χ3n) is 3.57. The molecule has 0 bridgehead atoms. The maximum absolute atomic E-state index is 12.9. The van der Waals surface area contributed by atoms with Gasteiger partial charge in [-0.05, 0) is 30.3 Å². The predicted molar refractivity (Wildman–Crippen MR) is 103 cm³/mol. The molecule has 2 rings (SSSR count). The molecule has 1 heterocycles. The second-order valence-corrected chi connectivity index (χ2v) is 7.15. The summed E-state index contributed by atoms with van der Waals surface area (Å²) < 4.78 is 43.6. The number of aromatic nitrogens is 2. The van der Waals surface area contributed by atoms with Gasteiger partial charge >= 0.3 is 6.18 Å². The fraction of sp³-hybridized carbons (Fsp3) is 0.333. The Kier molecular flexibility index (Phi) is 7.43. The van der Waals surface area contributed by atoms with E-state index in [2.05, 4.69) is 20.8 Å². The summed E-state index contributed by atoms with van der Waals surface area (Å²) in [5.74, 6) is -0.651. The van der Waals surface area contributed by atoms with E-state index < -0.39 is 17.6 Å². The summed E-state index contributed by atoms with van der Waals surface area (Å²) in [7, 11) is 1.29. The number of carbonyl (C=O) groups is 2. The molecule has 0 saturated heterocycles. The molecule has 7 nitrogen and oxygen atoms in total. The van der Waals surface area contributed by atoms with E-state index in [-0.39, 0.29) is 34.8 Å². The first-order chi connectivity index (χ1) is 13.6. The molecule has 2 amide bonds. The number of halogens is 3. The van der Waals surface area contributed by atoms with Crippen molar-refractivity contribution in [3.63, 3.8) is 0 Å². The average molecular weight is 428 g/mol. The lowest BCUT2D eigenvalue weighted by atomic mass is 10.2. The van der Waals surface area contributed by atoms with Crippen LogP contribution in [0.15, 0.2) is 35.4 Å². The number of carbonyl (C=O) groups excluding carboxylic acids is 2. The molecule has 0 spiro atoms. The lowest BCUT2D eigenvalue weighted by molar-refractivity contribution is -0.137. The number of nitrogens with zero attached hydrogens (tertiary/aromatic N) is 2. The molecule has 0 aliphatic rings. The van der Waals surface area contributed by atoms with E-state index in [0.29, 0.717) is 5.03 Å². The van der Waals surface area contributed by atoms with Crippen LogP contribution in [-0.2, 0) is 15.8 Å². The van der Waals surface area contributed by atoms with Crippen molar-refractivity contribution < 1.29 is 27.5 Å². The zero-order valence-electron chi connectivity index (χ0n) is 15.8. The van der Waals surface area contributed by atoms with Gasteiger partial charge < -0.3 is 15.4 Å². The average Bonchev–Trinajstić information content (AvgIpc) is 2.66. The first-order valence-electron chi connectivity index (χ1n) is 8.42. The number of benzene rings is 1. The first kappa shape index (κ1) is 22.5. The number of nitrogens with one attached hydrogen (secondary N) is 2. The van der Waals surface area contributed by atoms with Crippen molar-refractivity contribution in [3.8, 4) is 5.75 Å². The van der Waals surface area contributed by atoms with Gasteiger partial charge in [0.2, 0.25) is 11.8 Å². The minimum absolute atomic E-state index is 0.0780. The molecule has 11 heteroatoms. The van der Waals surface area contributed by atoms with Crippen LogP contribution in [0.25, 0.3) is 0 Å². The molecule has 2 N–H and O–H groups in total. The van der Waals surface area contributed by atoms with Crippen molar-refractivity contribution >= 4 is 35.1 Å². The van der Waals surface area contributed by atoms with Crippen LogP contribution in [0.4, 0.5) is 24.7 Å². The van der Waals surface area contributed by atoms with Crippen molar-refractivity contribution in [2.45, 2.75) is 25.0 Å². The Bertz CT molecular complexity index is 874. The van der Waals surface area contributed by atoms with Gasteiger partial charge in [0.25, 0.3) is 0 Å². The highest BCUT2D eigenvalue weighted by Crippen LogP contribution is 2.35. The molecule has 29 heavy (non-hydrogen) atoms. The zero-order valence-corrected chi connectivity index (χ0v) is 16.6. The van der Waals surface area contributed by atoms with Gasteiger partial charge in [-0.25, -0.2) is 0 Å². The van der Waals surface area contributed by atoms with Gasteiger partial charge in [0.05, 0.1) is 24.1 Å². The molecule has 0 fully saturated rings. The van der Waals surface area contributed by atoms with E-state index in [4.69, 9.17) is 4.74 Å². The SMILES string of the molecule is COc1ccc(C(F)(F)F)cc1NC(=O)CSc1ccc(NC(=O)C(C)C)nn1. The minimum Gasteiger partial charge on any atom is -0.495 e. The van der Waals surface area contributed by atoms with Crippen molar-refractivity contribution in [2.75, 3.05) is 23.5 Å². The Balaban J connectivity index is 1.97. The quantitative estimate of drug-likeness (QED) is 0.651. The van der Waals surface area contributed by atoms with Crippen LogP contribution in [0.5, 0.6) is 5.75 Å². The fourth-order valence-corrected chi connectivity index (χ4v) is 2.66. The molecular formula is C18H19F3N4O3S. The highest BCUT2D eigenvalue weighted by Gasteiger charge is 2.31. The van der Waals surface area contributed by atoms with Crippen LogP contribution >= 0.6 is 11.8 Å². The van der Waals surface area contributed by atoms with Crippen LogP contribution in [0.2, 0.25) is 0 Å². The summed E-state index contributed by atoms with van der Waals surface area (Å²) in [4.78, 5) is 23.7. The number of thioether (sulfide) groups is 1. The maximum Gasteiger partial charge on any atom is 0.416 e. The lowest BCUT2D eigenvalue weighted by Gasteiger charge is -2.13. The normalized spacial score (nSPS) is 11.3. The van der Waals surface area contributed by atoms with Crippen molar-refractivity contribution in [3.05, 3.63) is 35.9 Å². The number of ether oxygens (including phenoxy) is 1. The van der Waals surface area contributed by atoms with E-state index in [1.165, 1.54) is 7.11 Å². The Morgan fingerprint density at radius 1 is 1.14 bits per heavy atom. The number of amides is 2.